The fourth-order valence-corrected chi connectivity index (χ4v) is 5.82. The molecule has 1 aliphatic rings. The Morgan fingerprint density at radius 2 is 1.91 bits per heavy atom. The van der Waals surface area contributed by atoms with Crippen molar-refractivity contribution >= 4 is 32.8 Å². The molecule has 0 bridgehead atoms. The molecular weight excluding hydrogens is 475 g/mol. The summed E-state index contributed by atoms with van der Waals surface area (Å²) in [7, 11) is -4.07. The first-order valence-corrected chi connectivity index (χ1v) is 12.3. The van der Waals surface area contributed by atoms with E-state index >= 15 is 0 Å². The average molecular weight is 497 g/mol. The number of aromatic carboxylic acids is 1. The summed E-state index contributed by atoms with van der Waals surface area (Å²) in [5, 5.41) is 20.0. The molecule has 11 heteroatoms. The Morgan fingerprint density at radius 3 is 2.63 bits per heavy atom. The first-order chi connectivity index (χ1) is 16.7. The van der Waals surface area contributed by atoms with E-state index in [0.29, 0.717) is 24.3 Å². The van der Waals surface area contributed by atoms with Crippen LogP contribution in [-0.2, 0) is 10.0 Å². The van der Waals surface area contributed by atoms with Gasteiger partial charge in [-0.3, -0.25) is 0 Å². The number of hydrogen-bond donors (Lipinski definition) is 2. The quantitative estimate of drug-likeness (QED) is 0.427. The van der Waals surface area contributed by atoms with Gasteiger partial charge in [0.2, 0.25) is 5.88 Å². The Balaban J connectivity index is 1.63. The number of carbonyl (C=O) groups is 1. The molecule has 2 N–H and O–H groups in total. The number of benzene rings is 1. The van der Waals surface area contributed by atoms with Gasteiger partial charge in [-0.2, -0.15) is 0 Å². The smallest absolute Gasteiger partial charge is 0.339 e. The highest BCUT2D eigenvalue weighted by Gasteiger charge is 2.31. The predicted octanol–water partition coefficient (Wildman–Crippen LogP) is 3.86. The van der Waals surface area contributed by atoms with E-state index in [9.17, 15) is 27.8 Å². The summed E-state index contributed by atoms with van der Waals surface area (Å²) in [4.78, 5) is 22.0. The molecule has 0 saturated carbocycles. The summed E-state index contributed by atoms with van der Waals surface area (Å²) in [6, 6.07) is 10.2. The summed E-state index contributed by atoms with van der Waals surface area (Å²) < 4.78 is 41.4. The van der Waals surface area contributed by atoms with Gasteiger partial charge in [-0.05, 0) is 50.1 Å². The second-order valence-electron chi connectivity index (χ2n) is 8.42. The summed E-state index contributed by atoms with van der Waals surface area (Å²) in [6.45, 7) is 2.37. The molecule has 0 amide bonds. The third-order valence-electron chi connectivity index (χ3n) is 6.17. The number of carboxylic acid groups (broad SMARTS) is 1. The summed E-state index contributed by atoms with van der Waals surface area (Å²) in [5.74, 6) is -1.80. The van der Waals surface area contributed by atoms with Gasteiger partial charge < -0.3 is 15.1 Å². The zero-order valence-electron chi connectivity index (χ0n) is 18.6. The maximum Gasteiger partial charge on any atom is 0.339 e. The van der Waals surface area contributed by atoms with Crippen LogP contribution in [0.1, 0.15) is 40.4 Å². The topological polar surface area (TPSA) is 126 Å². The van der Waals surface area contributed by atoms with Crippen LogP contribution in [-0.4, -0.2) is 45.1 Å². The molecule has 180 valence electrons. The van der Waals surface area contributed by atoms with Crippen molar-refractivity contribution in [2.24, 2.45) is 0 Å². The van der Waals surface area contributed by atoms with E-state index in [1.54, 1.807) is 18.2 Å². The van der Waals surface area contributed by atoms with Crippen LogP contribution < -0.4 is 4.90 Å². The van der Waals surface area contributed by atoms with Crippen LogP contribution in [0.15, 0.2) is 59.8 Å². The van der Waals surface area contributed by atoms with E-state index in [4.69, 9.17) is 0 Å². The number of nitrogens with zero attached hydrogens (tertiary/aromatic N) is 4. The number of hydrogen-bond acceptors (Lipinski definition) is 7. The summed E-state index contributed by atoms with van der Waals surface area (Å²) in [5.41, 5.74) is 1.07. The van der Waals surface area contributed by atoms with E-state index in [1.807, 2.05) is 11.8 Å². The minimum absolute atomic E-state index is 0.0120. The van der Waals surface area contributed by atoms with Crippen molar-refractivity contribution in [3.05, 3.63) is 77.4 Å². The van der Waals surface area contributed by atoms with Crippen molar-refractivity contribution in [3.8, 4) is 5.88 Å². The predicted molar refractivity (Wildman–Crippen MR) is 126 cm³/mol. The molecule has 0 unspecified atom stereocenters. The van der Waals surface area contributed by atoms with Crippen molar-refractivity contribution in [1.29, 1.82) is 0 Å². The first kappa shape index (κ1) is 22.8. The highest BCUT2D eigenvalue weighted by molar-refractivity contribution is 7.90. The number of aromatic nitrogens is 3. The molecule has 4 heterocycles. The standard InChI is InChI=1S/C24H21FN4O5S/c1-14-4-6-16(7-5-14)35(33,34)29-13-18(24(31)32)22-20(29)8-9-21(27-22)28-10-2-3-19(28)17-11-15(25)12-26-23(17)30/h4-9,11-13,19H,2-3,10H2,1H3,(H,26,30)(H,31,32)/t19-/m1/s1. The molecule has 9 nitrogen and oxygen atoms in total. The van der Waals surface area contributed by atoms with Crippen LogP contribution in [0.25, 0.3) is 11.0 Å². The van der Waals surface area contributed by atoms with Crippen molar-refractivity contribution in [3.63, 3.8) is 0 Å². The third kappa shape index (κ3) is 3.87. The lowest BCUT2D eigenvalue weighted by atomic mass is 10.1. The van der Waals surface area contributed by atoms with Gasteiger partial charge in [0.25, 0.3) is 10.0 Å². The summed E-state index contributed by atoms with van der Waals surface area (Å²) in [6.07, 6.45) is 3.32. The number of halogens is 1. The fraction of sp³-hybridized carbons (Fsp3) is 0.208. The zero-order valence-corrected chi connectivity index (χ0v) is 19.4. The molecule has 1 atom stereocenters. The Hall–Kier alpha value is -3.99. The summed E-state index contributed by atoms with van der Waals surface area (Å²) >= 11 is 0. The van der Waals surface area contributed by atoms with Crippen molar-refractivity contribution in [2.75, 3.05) is 11.4 Å². The lowest BCUT2D eigenvalue weighted by molar-refractivity contribution is 0.0699. The first-order valence-electron chi connectivity index (χ1n) is 10.9. The molecule has 1 aliphatic heterocycles. The second kappa shape index (κ2) is 8.35. The number of anilines is 1. The number of rotatable bonds is 5. The van der Waals surface area contributed by atoms with E-state index in [2.05, 4.69) is 9.97 Å². The van der Waals surface area contributed by atoms with Crippen LogP contribution in [0.5, 0.6) is 5.88 Å². The Morgan fingerprint density at radius 1 is 1.17 bits per heavy atom. The van der Waals surface area contributed by atoms with E-state index in [-0.39, 0.29) is 27.4 Å². The number of pyridine rings is 2. The van der Waals surface area contributed by atoms with Gasteiger partial charge in [-0.1, -0.05) is 17.7 Å². The van der Waals surface area contributed by atoms with Crippen LogP contribution in [0.2, 0.25) is 0 Å². The maximum atomic E-state index is 13.8. The Bertz CT molecular complexity index is 1570. The second-order valence-corrected chi connectivity index (χ2v) is 10.2. The lowest BCUT2D eigenvalue weighted by Gasteiger charge is -2.26. The molecule has 0 aliphatic carbocycles. The van der Waals surface area contributed by atoms with Gasteiger partial charge in [-0.15, -0.1) is 0 Å². The lowest BCUT2D eigenvalue weighted by Crippen LogP contribution is -2.24. The zero-order chi connectivity index (χ0) is 24.9. The van der Waals surface area contributed by atoms with Gasteiger partial charge in [0.05, 0.1) is 22.7 Å². The highest BCUT2D eigenvalue weighted by Crippen LogP contribution is 2.39. The number of aryl methyl sites for hydroxylation is 1. The number of fused-ring (bicyclic) bond motifs is 1. The van der Waals surface area contributed by atoms with E-state index < -0.39 is 27.9 Å². The largest absolute Gasteiger partial charge is 0.493 e. The molecule has 0 spiro atoms. The maximum absolute atomic E-state index is 13.8. The van der Waals surface area contributed by atoms with Gasteiger partial charge in [0.1, 0.15) is 22.7 Å². The molecule has 3 aromatic heterocycles. The molecule has 4 aromatic rings. The minimum Gasteiger partial charge on any atom is -0.493 e. The van der Waals surface area contributed by atoms with Crippen LogP contribution in [0, 0.1) is 12.7 Å². The van der Waals surface area contributed by atoms with E-state index in [0.717, 1.165) is 28.4 Å². The molecule has 1 aromatic carbocycles. The van der Waals surface area contributed by atoms with Gasteiger partial charge >= 0.3 is 5.97 Å². The van der Waals surface area contributed by atoms with Crippen molar-refractivity contribution in [1.82, 2.24) is 13.9 Å². The van der Waals surface area contributed by atoms with Crippen molar-refractivity contribution in [2.45, 2.75) is 30.7 Å². The molecular formula is C24H21FN4O5S. The van der Waals surface area contributed by atoms with Crippen LogP contribution in [0.4, 0.5) is 10.2 Å². The molecule has 0 radical (unpaired) electrons. The molecule has 35 heavy (non-hydrogen) atoms. The SMILES string of the molecule is Cc1ccc(S(=O)(=O)n2cc(C(=O)O)c3nc(N4CCC[C@@H]4c4cc(F)cnc4O)ccc32)cc1. The van der Waals surface area contributed by atoms with Gasteiger partial charge in [0.15, 0.2) is 0 Å². The van der Waals surface area contributed by atoms with Crippen molar-refractivity contribution < 1.29 is 27.8 Å². The highest BCUT2D eigenvalue weighted by atomic mass is 32.2. The molecule has 5 rings (SSSR count). The minimum atomic E-state index is -4.07. The van der Waals surface area contributed by atoms with Crippen LogP contribution >= 0.6 is 0 Å². The van der Waals surface area contributed by atoms with Gasteiger partial charge in [-0.25, -0.2) is 31.5 Å². The number of carboxylic acids is 1. The average Bonchev–Trinajstić information content (AvgIpc) is 3.46. The molecule has 1 fully saturated rings. The monoisotopic (exact) mass is 496 g/mol. The Labute approximate surface area is 200 Å². The molecule has 1 saturated heterocycles. The third-order valence-corrected chi connectivity index (χ3v) is 7.86. The van der Waals surface area contributed by atoms with E-state index in [1.165, 1.54) is 24.3 Å². The number of aromatic hydroxyl groups is 1. The fourth-order valence-electron chi connectivity index (χ4n) is 4.46. The Kier molecular flexibility index (Phi) is 5.43. The van der Waals surface area contributed by atoms with Gasteiger partial charge in [0, 0.05) is 18.3 Å². The van der Waals surface area contributed by atoms with Crippen LogP contribution in [0.3, 0.4) is 0 Å². The normalized spacial score (nSPS) is 16.2.